The molecular weight excluding hydrogens is 358 g/mol. The van der Waals surface area contributed by atoms with Gasteiger partial charge in [0.05, 0.1) is 36.2 Å². The standard InChI is InChI=1S/C14H15BrF2N4O/c1-9-12(13(22)19-8-14(16,17)7-18)6-20-21(9)11-4-2-10(15)3-5-11/h2-6H,7-8,18H2,1H3,(H,19,22). The Kier molecular flexibility index (Phi) is 4.92. The summed E-state index contributed by atoms with van der Waals surface area (Å²) < 4.78 is 28.6. The number of hydrogen-bond acceptors (Lipinski definition) is 3. The van der Waals surface area contributed by atoms with E-state index in [9.17, 15) is 13.6 Å². The molecule has 5 nitrogen and oxygen atoms in total. The first-order valence-electron chi connectivity index (χ1n) is 6.51. The molecule has 22 heavy (non-hydrogen) atoms. The number of aromatic nitrogens is 2. The van der Waals surface area contributed by atoms with Crippen LogP contribution in [-0.2, 0) is 0 Å². The first-order valence-corrected chi connectivity index (χ1v) is 7.30. The minimum atomic E-state index is -3.12. The lowest BCUT2D eigenvalue weighted by Crippen LogP contribution is -2.41. The molecule has 3 N–H and O–H groups in total. The van der Waals surface area contributed by atoms with Crippen molar-refractivity contribution in [3.63, 3.8) is 0 Å². The van der Waals surface area contributed by atoms with Gasteiger partial charge in [0.15, 0.2) is 0 Å². The van der Waals surface area contributed by atoms with Gasteiger partial charge in [-0.1, -0.05) is 15.9 Å². The van der Waals surface area contributed by atoms with E-state index < -0.39 is 24.9 Å². The van der Waals surface area contributed by atoms with Crippen LogP contribution in [0.1, 0.15) is 16.1 Å². The summed E-state index contributed by atoms with van der Waals surface area (Å²) in [5, 5.41) is 6.30. The zero-order valence-electron chi connectivity index (χ0n) is 11.8. The zero-order chi connectivity index (χ0) is 16.3. The summed E-state index contributed by atoms with van der Waals surface area (Å²) >= 11 is 3.34. The molecule has 0 aliphatic rings. The Balaban J connectivity index is 2.17. The van der Waals surface area contributed by atoms with Gasteiger partial charge in [-0.05, 0) is 31.2 Å². The highest BCUT2D eigenvalue weighted by Gasteiger charge is 2.28. The van der Waals surface area contributed by atoms with Gasteiger partial charge in [-0.3, -0.25) is 4.79 Å². The van der Waals surface area contributed by atoms with E-state index in [0.29, 0.717) is 5.69 Å². The number of nitrogens with zero attached hydrogens (tertiary/aromatic N) is 2. The Labute approximate surface area is 134 Å². The van der Waals surface area contributed by atoms with Gasteiger partial charge in [0.2, 0.25) is 0 Å². The number of alkyl halides is 2. The second-order valence-corrected chi connectivity index (χ2v) is 5.69. The molecule has 0 saturated heterocycles. The first-order chi connectivity index (χ1) is 10.3. The largest absolute Gasteiger partial charge is 0.346 e. The van der Waals surface area contributed by atoms with E-state index in [-0.39, 0.29) is 5.56 Å². The molecule has 1 amide bonds. The SMILES string of the molecule is Cc1c(C(=O)NCC(F)(F)CN)cnn1-c1ccc(Br)cc1. The van der Waals surface area contributed by atoms with E-state index in [1.807, 2.05) is 24.3 Å². The highest BCUT2D eigenvalue weighted by Crippen LogP contribution is 2.17. The van der Waals surface area contributed by atoms with Gasteiger partial charge in [-0.25, -0.2) is 13.5 Å². The summed E-state index contributed by atoms with van der Waals surface area (Å²) in [7, 11) is 0. The van der Waals surface area contributed by atoms with Crippen molar-refractivity contribution in [2.75, 3.05) is 13.1 Å². The second kappa shape index (κ2) is 6.53. The van der Waals surface area contributed by atoms with Gasteiger partial charge in [-0.2, -0.15) is 5.10 Å². The van der Waals surface area contributed by atoms with Crippen LogP contribution in [0.4, 0.5) is 8.78 Å². The molecule has 8 heteroatoms. The van der Waals surface area contributed by atoms with Crippen LogP contribution in [0.3, 0.4) is 0 Å². The maximum atomic E-state index is 13.1. The maximum absolute atomic E-state index is 13.1. The monoisotopic (exact) mass is 372 g/mol. The third-order valence-electron chi connectivity index (χ3n) is 3.13. The first kappa shape index (κ1) is 16.6. The third-order valence-corrected chi connectivity index (χ3v) is 3.66. The van der Waals surface area contributed by atoms with Crippen LogP contribution in [0.15, 0.2) is 34.9 Å². The molecule has 0 saturated carbocycles. The second-order valence-electron chi connectivity index (χ2n) is 4.77. The third kappa shape index (κ3) is 3.69. The van der Waals surface area contributed by atoms with E-state index in [1.54, 1.807) is 11.6 Å². The van der Waals surface area contributed by atoms with Crippen LogP contribution in [0, 0.1) is 6.92 Å². The van der Waals surface area contributed by atoms with Crippen molar-refractivity contribution in [1.29, 1.82) is 0 Å². The zero-order valence-corrected chi connectivity index (χ0v) is 13.4. The molecule has 0 unspecified atom stereocenters. The molecule has 2 rings (SSSR count). The molecule has 2 aromatic rings. The Morgan fingerprint density at radius 2 is 2.05 bits per heavy atom. The molecule has 0 bridgehead atoms. The molecule has 0 fully saturated rings. The minimum absolute atomic E-state index is 0.246. The van der Waals surface area contributed by atoms with Crippen LogP contribution >= 0.6 is 15.9 Å². The fraction of sp³-hybridized carbons (Fsp3) is 0.286. The van der Waals surface area contributed by atoms with Crippen molar-refractivity contribution in [3.05, 3.63) is 46.2 Å². The van der Waals surface area contributed by atoms with Crippen LogP contribution in [-0.4, -0.2) is 34.7 Å². The van der Waals surface area contributed by atoms with Crippen molar-refractivity contribution >= 4 is 21.8 Å². The highest BCUT2D eigenvalue weighted by atomic mass is 79.9. The van der Waals surface area contributed by atoms with Crippen molar-refractivity contribution < 1.29 is 13.6 Å². The minimum Gasteiger partial charge on any atom is -0.346 e. The Hall–Kier alpha value is -1.80. The summed E-state index contributed by atoms with van der Waals surface area (Å²) in [6.07, 6.45) is 1.35. The molecule has 0 atom stereocenters. The van der Waals surface area contributed by atoms with Crippen molar-refractivity contribution in [2.24, 2.45) is 5.73 Å². The lowest BCUT2D eigenvalue weighted by atomic mass is 10.2. The molecule has 1 aromatic heterocycles. The number of halogens is 3. The molecular formula is C14H15BrF2N4O. The number of nitrogens with one attached hydrogen (secondary N) is 1. The smallest absolute Gasteiger partial charge is 0.277 e. The molecule has 0 aliphatic carbocycles. The Morgan fingerprint density at radius 3 is 2.64 bits per heavy atom. The average molecular weight is 373 g/mol. The normalized spacial score (nSPS) is 11.5. The fourth-order valence-corrected chi connectivity index (χ4v) is 2.12. The summed E-state index contributed by atoms with van der Waals surface area (Å²) in [6, 6.07) is 7.35. The summed E-state index contributed by atoms with van der Waals surface area (Å²) in [5.74, 6) is -3.72. The molecule has 118 valence electrons. The average Bonchev–Trinajstić information content (AvgIpc) is 2.87. The Bertz CT molecular complexity index is 670. The van der Waals surface area contributed by atoms with Gasteiger partial charge in [0.25, 0.3) is 11.8 Å². The molecule has 0 radical (unpaired) electrons. The summed E-state index contributed by atoms with van der Waals surface area (Å²) in [5.41, 5.74) is 6.51. The van der Waals surface area contributed by atoms with Gasteiger partial charge < -0.3 is 11.1 Å². The van der Waals surface area contributed by atoms with Crippen LogP contribution in [0.5, 0.6) is 0 Å². The lowest BCUT2D eigenvalue weighted by molar-refractivity contribution is 0.0118. The topological polar surface area (TPSA) is 72.9 Å². The number of carbonyl (C=O) groups excluding carboxylic acids is 1. The van der Waals surface area contributed by atoms with Crippen LogP contribution in [0.2, 0.25) is 0 Å². The van der Waals surface area contributed by atoms with Gasteiger partial charge in [0.1, 0.15) is 0 Å². The van der Waals surface area contributed by atoms with Gasteiger partial charge in [-0.15, -0.1) is 0 Å². The van der Waals surface area contributed by atoms with E-state index in [0.717, 1.165) is 10.2 Å². The van der Waals surface area contributed by atoms with Crippen LogP contribution < -0.4 is 11.1 Å². The van der Waals surface area contributed by atoms with E-state index in [1.165, 1.54) is 6.20 Å². The molecule has 0 spiro atoms. The number of carbonyl (C=O) groups is 1. The number of rotatable bonds is 5. The lowest BCUT2D eigenvalue weighted by Gasteiger charge is -2.14. The molecule has 0 aliphatic heterocycles. The van der Waals surface area contributed by atoms with Gasteiger partial charge in [0, 0.05) is 4.47 Å². The summed E-state index contributed by atoms with van der Waals surface area (Å²) in [6.45, 7) is 0.0840. The number of hydrogen-bond donors (Lipinski definition) is 2. The Morgan fingerprint density at radius 1 is 1.41 bits per heavy atom. The molecule has 1 heterocycles. The highest BCUT2D eigenvalue weighted by molar-refractivity contribution is 9.10. The van der Waals surface area contributed by atoms with Crippen molar-refractivity contribution in [2.45, 2.75) is 12.8 Å². The van der Waals surface area contributed by atoms with Crippen LogP contribution in [0.25, 0.3) is 5.69 Å². The van der Waals surface area contributed by atoms with E-state index in [4.69, 9.17) is 5.73 Å². The van der Waals surface area contributed by atoms with E-state index >= 15 is 0 Å². The quantitative estimate of drug-likeness (QED) is 0.845. The molecule has 1 aromatic carbocycles. The number of nitrogens with two attached hydrogens (primary N) is 1. The van der Waals surface area contributed by atoms with Crippen molar-refractivity contribution in [3.8, 4) is 5.69 Å². The fourth-order valence-electron chi connectivity index (χ4n) is 1.85. The predicted molar refractivity (Wildman–Crippen MR) is 82.3 cm³/mol. The number of amides is 1. The van der Waals surface area contributed by atoms with Crippen molar-refractivity contribution in [1.82, 2.24) is 15.1 Å². The maximum Gasteiger partial charge on any atom is 0.277 e. The predicted octanol–water partition coefficient (Wildman–Crippen LogP) is 2.27. The summed E-state index contributed by atoms with van der Waals surface area (Å²) in [4.78, 5) is 12.0. The van der Waals surface area contributed by atoms with Gasteiger partial charge >= 0.3 is 0 Å². The number of benzene rings is 1. The van der Waals surface area contributed by atoms with E-state index in [2.05, 4.69) is 26.3 Å².